The Kier molecular flexibility index (Phi) is 20.8. The van der Waals surface area contributed by atoms with E-state index in [1.165, 1.54) is 6.92 Å². The molecule has 0 spiro atoms. The zero-order valence-corrected chi connectivity index (χ0v) is 24.3. The summed E-state index contributed by atoms with van der Waals surface area (Å²) in [7, 11) is 0. The average molecular weight is 563 g/mol. The van der Waals surface area contributed by atoms with Crippen LogP contribution in [0.2, 0.25) is 0 Å². The van der Waals surface area contributed by atoms with Gasteiger partial charge in [0.15, 0.2) is 6.29 Å². The molecule has 0 aliphatic carbocycles. The summed E-state index contributed by atoms with van der Waals surface area (Å²) < 4.78 is 24.3. The molecule has 10 heteroatoms. The van der Waals surface area contributed by atoms with Gasteiger partial charge in [-0.25, -0.2) is 19.2 Å². The molecule has 222 valence electrons. The van der Waals surface area contributed by atoms with Gasteiger partial charge in [0.2, 0.25) is 0 Å². The lowest BCUT2D eigenvalue weighted by Gasteiger charge is -2.11. The number of carboxylic acids is 1. The smallest absolute Gasteiger partial charge is 0.335 e. The van der Waals surface area contributed by atoms with Crippen molar-refractivity contribution in [2.45, 2.75) is 60.5 Å². The Hall–Kier alpha value is -4.02. The Morgan fingerprint density at radius 2 is 1.32 bits per heavy atom. The standard InChI is InChI=1S/C11H12O2.C8H14O3.C7H10O3.C4H6O2/c1-9(2)11(12)13-8-10-6-4-3-5-7-10;1-5-10-7(4)11-8(9)6(2)3;1-5(2)7(8)10-4-6-3-9-6;1-3(2)4(5)6/h3-7H,1,8H2,2H3;7H,2,5H2,1,3-4H3;6H,1,3-4H2,2H3;1H2,2H3,(H,5,6). The first-order valence-corrected chi connectivity index (χ1v) is 12.3. The lowest BCUT2D eigenvalue weighted by atomic mass is 10.2. The molecule has 10 nitrogen and oxygen atoms in total. The molecule has 0 radical (unpaired) electrons. The van der Waals surface area contributed by atoms with Crippen LogP contribution in [0.4, 0.5) is 0 Å². The molecule has 1 saturated heterocycles. The highest BCUT2D eigenvalue weighted by Crippen LogP contribution is 2.09. The summed E-state index contributed by atoms with van der Waals surface area (Å²) in [6, 6.07) is 9.55. The summed E-state index contributed by atoms with van der Waals surface area (Å²) in [6.07, 6.45) is -0.340. The van der Waals surface area contributed by atoms with Gasteiger partial charge in [0.05, 0.1) is 6.61 Å². The molecule has 1 N–H and O–H groups in total. The first kappa shape index (κ1) is 38.1. The van der Waals surface area contributed by atoms with Crippen molar-refractivity contribution in [2.24, 2.45) is 0 Å². The summed E-state index contributed by atoms with van der Waals surface area (Å²) in [4.78, 5) is 42.1. The molecule has 2 atom stereocenters. The van der Waals surface area contributed by atoms with E-state index in [1.807, 2.05) is 37.3 Å². The Morgan fingerprint density at radius 3 is 1.70 bits per heavy atom. The van der Waals surface area contributed by atoms with E-state index >= 15 is 0 Å². The fourth-order valence-electron chi connectivity index (χ4n) is 1.82. The third-order valence-electron chi connectivity index (χ3n) is 4.10. The molecule has 1 aromatic rings. The van der Waals surface area contributed by atoms with Crippen molar-refractivity contribution >= 4 is 23.9 Å². The number of aliphatic carboxylic acids is 1. The molecule has 1 aliphatic rings. The van der Waals surface area contributed by atoms with Crippen LogP contribution in [-0.2, 0) is 49.5 Å². The van der Waals surface area contributed by atoms with E-state index in [2.05, 4.69) is 26.3 Å². The second kappa shape index (κ2) is 21.9. The number of hydrogen-bond donors (Lipinski definition) is 1. The predicted molar refractivity (Wildman–Crippen MR) is 151 cm³/mol. The van der Waals surface area contributed by atoms with Gasteiger partial charge >= 0.3 is 23.9 Å². The van der Waals surface area contributed by atoms with E-state index in [4.69, 9.17) is 28.8 Å². The van der Waals surface area contributed by atoms with Crippen LogP contribution in [0.5, 0.6) is 0 Å². The summed E-state index contributed by atoms with van der Waals surface area (Å²) >= 11 is 0. The van der Waals surface area contributed by atoms with Gasteiger partial charge in [-0.2, -0.15) is 0 Å². The normalized spacial score (nSPS) is 13.0. The van der Waals surface area contributed by atoms with Crippen molar-refractivity contribution in [1.29, 1.82) is 0 Å². The summed E-state index contributed by atoms with van der Waals surface area (Å²) in [5, 5.41) is 7.89. The predicted octanol–water partition coefficient (Wildman–Crippen LogP) is 4.95. The van der Waals surface area contributed by atoms with E-state index in [0.717, 1.165) is 5.56 Å². The van der Waals surface area contributed by atoms with Gasteiger partial charge in [0.1, 0.15) is 19.3 Å². The number of epoxide rings is 1. The quantitative estimate of drug-likeness (QED) is 0.130. The van der Waals surface area contributed by atoms with Crippen molar-refractivity contribution in [2.75, 3.05) is 19.8 Å². The highest BCUT2D eigenvalue weighted by molar-refractivity contribution is 5.87. The number of benzene rings is 1. The number of ether oxygens (including phenoxy) is 5. The zero-order chi connectivity index (χ0) is 31.3. The number of rotatable bonds is 11. The van der Waals surface area contributed by atoms with Gasteiger partial charge in [0, 0.05) is 28.9 Å². The van der Waals surface area contributed by atoms with Gasteiger partial charge in [-0.3, -0.25) is 0 Å². The minimum atomic E-state index is -0.935. The lowest BCUT2D eigenvalue weighted by molar-refractivity contribution is -0.169. The van der Waals surface area contributed by atoms with Crippen molar-refractivity contribution < 1.29 is 48.0 Å². The van der Waals surface area contributed by atoms with E-state index < -0.39 is 18.2 Å². The van der Waals surface area contributed by atoms with Crippen LogP contribution in [0.1, 0.15) is 47.1 Å². The first-order chi connectivity index (χ1) is 18.6. The number of esters is 3. The van der Waals surface area contributed by atoms with Crippen LogP contribution in [0, 0.1) is 0 Å². The Morgan fingerprint density at radius 1 is 0.875 bits per heavy atom. The van der Waals surface area contributed by atoms with Crippen LogP contribution in [0.15, 0.2) is 78.9 Å². The molecule has 2 unspecified atom stereocenters. The van der Waals surface area contributed by atoms with Crippen molar-refractivity contribution in [1.82, 2.24) is 0 Å². The molecular weight excluding hydrogens is 520 g/mol. The zero-order valence-electron chi connectivity index (χ0n) is 24.3. The Bertz CT molecular complexity index is 995. The number of carbonyl (C=O) groups is 4. The van der Waals surface area contributed by atoms with Crippen LogP contribution >= 0.6 is 0 Å². The molecule has 0 amide bonds. The molecule has 1 aromatic carbocycles. The summed E-state index contributed by atoms with van der Waals surface area (Å²) in [6.45, 7) is 25.3. The van der Waals surface area contributed by atoms with Crippen molar-refractivity contribution in [3.63, 3.8) is 0 Å². The molecule has 1 fully saturated rings. The Balaban J connectivity index is 0. The van der Waals surface area contributed by atoms with Gasteiger partial charge in [-0.05, 0) is 47.1 Å². The molecule has 1 aliphatic heterocycles. The molecule has 0 aromatic heterocycles. The van der Waals surface area contributed by atoms with Crippen molar-refractivity contribution in [3.05, 3.63) is 84.5 Å². The average Bonchev–Trinajstić information content (AvgIpc) is 3.72. The van der Waals surface area contributed by atoms with E-state index in [9.17, 15) is 19.2 Å². The van der Waals surface area contributed by atoms with Crippen LogP contribution in [-0.4, -0.2) is 61.2 Å². The fraction of sp³-hybridized carbons (Fsp3) is 0.400. The third kappa shape index (κ3) is 23.1. The summed E-state index contributed by atoms with van der Waals surface area (Å²) in [5.41, 5.74) is 2.40. The third-order valence-corrected chi connectivity index (χ3v) is 4.10. The fourth-order valence-corrected chi connectivity index (χ4v) is 1.82. The molecule has 0 bridgehead atoms. The van der Waals surface area contributed by atoms with E-state index in [-0.39, 0.29) is 23.6 Å². The lowest BCUT2D eigenvalue weighted by Crippen LogP contribution is -2.18. The largest absolute Gasteiger partial charge is 0.478 e. The van der Waals surface area contributed by atoms with Crippen LogP contribution in [0.25, 0.3) is 0 Å². The van der Waals surface area contributed by atoms with Crippen LogP contribution in [0.3, 0.4) is 0 Å². The minimum absolute atomic E-state index is 0.142. The molecule has 40 heavy (non-hydrogen) atoms. The molecule has 0 saturated carbocycles. The number of carbonyl (C=O) groups excluding carboxylic acids is 3. The Labute approximate surface area is 236 Å². The van der Waals surface area contributed by atoms with Crippen LogP contribution < -0.4 is 0 Å². The monoisotopic (exact) mass is 562 g/mol. The highest BCUT2D eigenvalue weighted by Gasteiger charge is 2.24. The van der Waals surface area contributed by atoms with Gasteiger partial charge in [-0.15, -0.1) is 0 Å². The first-order valence-electron chi connectivity index (χ1n) is 12.3. The second-order valence-corrected chi connectivity index (χ2v) is 8.47. The second-order valence-electron chi connectivity index (χ2n) is 8.47. The molecular formula is C30H42O10. The number of carboxylic acid groups (broad SMARTS) is 1. The highest BCUT2D eigenvalue weighted by atomic mass is 16.7. The van der Waals surface area contributed by atoms with Gasteiger partial charge in [-0.1, -0.05) is 56.6 Å². The van der Waals surface area contributed by atoms with Crippen molar-refractivity contribution in [3.8, 4) is 0 Å². The topological polar surface area (TPSA) is 138 Å². The maximum Gasteiger partial charge on any atom is 0.335 e. The molecule has 2 rings (SSSR count). The minimum Gasteiger partial charge on any atom is -0.478 e. The van der Waals surface area contributed by atoms with Gasteiger partial charge < -0.3 is 28.8 Å². The number of hydrogen-bond acceptors (Lipinski definition) is 9. The SMILES string of the molecule is C=C(C)C(=O)O.C=C(C)C(=O)OC(C)OCC.C=C(C)C(=O)OCC1CO1.C=C(C)C(=O)OCc1ccccc1. The van der Waals surface area contributed by atoms with E-state index in [0.29, 0.717) is 43.1 Å². The maximum absolute atomic E-state index is 11.0. The maximum atomic E-state index is 11.0. The van der Waals surface area contributed by atoms with Gasteiger partial charge in [0.25, 0.3) is 0 Å². The molecule has 1 heterocycles. The van der Waals surface area contributed by atoms with E-state index in [1.54, 1.807) is 27.7 Å². The summed E-state index contributed by atoms with van der Waals surface area (Å²) in [5.74, 6) is -2.03.